The number of fused-ring (bicyclic) bond motifs is 1. The number of rotatable bonds is 11. The number of halogens is 1. The summed E-state index contributed by atoms with van der Waals surface area (Å²) in [6.07, 6.45) is 5.52. The lowest BCUT2D eigenvalue weighted by Crippen LogP contribution is -2.38. The molecule has 12 heteroatoms. The molecular formula is C32H30FN7O4. The molecule has 1 aliphatic carbocycles. The molecule has 224 valence electrons. The van der Waals surface area contributed by atoms with Crippen LogP contribution < -0.4 is 9.47 Å². The van der Waals surface area contributed by atoms with Crippen molar-refractivity contribution in [3.05, 3.63) is 77.3 Å². The summed E-state index contributed by atoms with van der Waals surface area (Å²) in [4.78, 5) is 27.5. The molecule has 0 radical (unpaired) electrons. The summed E-state index contributed by atoms with van der Waals surface area (Å²) >= 11 is 0. The highest BCUT2D eigenvalue weighted by Crippen LogP contribution is 2.50. The Hall–Kier alpha value is -5.07. The Kier molecular flexibility index (Phi) is 8.09. The predicted octanol–water partition coefficient (Wildman–Crippen LogP) is 4.85. The maximum absolute atomic E-state index is 13.4. The zero-order valence-corrected chi connectivity index (χ0v) is 23.9. The quantitative estimate of drug-likeness (QED) is 0.255. The second kappa shape index (κ2) is 12.3. The van der Waals surface area contributed by atoms with Crippen molar-refractivity contribution in [1.82, 2.24) is 24.4 Å². The summed E-state index contributed by atoms with van der Waals surface area (Å²) in [5, 5.41) is 28.1. The van der Waals surface area contributed by atoms with Crippen LogP contribution in [-0.2, 0) is 19.7 Å². The summed E-state index contributed by atoms with van der Waals surface area (Å²) in [6.45, 7) is 2.81. The number of hydrogen-bond donors (Lipinski definition) is 1. The SMILES string of the molecule is N#CCC1(Cn2c(CN3CCC(Oc4ccnc(COc5ccc(F)cc5C#N)n4)CC3)nc3ccc(C(=O)O)cc32)CC1. The summed E-state index contributed by atoms with van der Waals surface area (Å²) in [5.74, 6) is 0.437. The number of nitriles is 2. The number of benzene rings is 2. The van der Waals surface area contributed by atoms with E-state index in [4.69, 9.17) is 14.5 Å². The largest absolute Gasteiger partial charge is 0.484 e. The number of ether oxygens (including phenoxy) is 2. The molecule has 44 heavy (non-hydrogen) atoms. The Bertz CT molecular complexity index is 1780. The van der Waals surface area contributed by atoms with Gasteiger partial charge in [0.15, 0.2) is 5.82 Å². The van der Waals surface area contributed by atoms with Crippen molar-refractivity contribution in [2.75, 3.05) is 13.1 Å². The van der Waals surface area contributed by atoms with Gasteiger partial charge in [-0.15, -0.1) is 0 Å². The third-order valence-electron chi connectivity index (χ3n) is 8.26. The predicted molar refractivity (Wildman–Crippen MR) is 155 cm³/mol. The van der Waals surface area contributed by atoms with Gasteiger partial charge in [0.2, 0.25) is 5.88 Å². The minimum Gasteiger partial charge on any atom is -0.484 e. The van der Waals surface area contributed by atoms with E-state index < -0.39 is 11.8 Å². The molecular weight excluding hydrogens is 565 g/mol. The van der Waals surface area contributed by atoms with Gasteiger partial charge < -0.3 is 19.1 Å². The molecule has 2 aliphatic rings. The molecule has 2 aromatic heterocycles. The fourth-order valence-corrected chi connectivity index (χ4v) is 5.60. The average Bonchev–Trinajstić information content (AvgIpc) is 3.71. The second-order valence-electron chi connectivity index (χ2n) is 11.4. The monoisotopic (exact) mass is 595 g/mol. The number of aromatic carboxylic acids is 1. The minimum atomic E-state index is -0.981. The molecule has 2 aromatic carbocycles. The van der Waals surface area contributed by atoms with Gasteiger partial charge in [-0.3, -0.25) is 4.90 Å². The van der Waals surface area contributed by atoms with Gasteiger partial charge in [0.25, 0.3) is 0 Å². The maximum atomic E-state index is 13.4. The molecule has 0 atom stereocenters. The first-order valence-electron chi connectivity index (χ1n) is 14.5. The molecule has 1 aliphatic heterocycles. The third-order valence-corrected chi connectivity index (χ3v) is 8.26. The van der Waals surface area contributed by atoms with Gasteiger partial charge in [-0.25, -0.2) is 19.2 Å². The number of hydrogen-bond acceptors (Lipinski definition) is 9. The van der Waals surface area contributed by atoms with Crippen LogP contribution in [0.3, 0.4) is 0 Å². The van der Waals surface area contributed by atoms with E-state index in [9.17, 15) is 24.8 Å². The van der Waals surface area contributed by atoms with Crippen LogP contribution in [0.15, 0.2) is 48.7 Å². The Morgan fingerprint density at radius 1 is 1.11 bits per heavy atom. The highest BCUT2D eigenvalue weighted by atomic mass is 19.1. The van der Waals surface area contributed by atoms with E-state index in [-0.39, 0.29) is 35.0 Å². The van der Waals surface area contributed by atoms with Crippen molar-refractivity contribution in [3.8, 4) is 23.8 Å². The Balaban J connectivity index is 1.08. The minimum absolute atomic E-state index is 0.000564. The zero-order valence-electron chi connectivity index (χ0n) is 23.9. The summed E-state index contributed by atoms with van der Waals surface area (Å²) in [7, 11) is 0. The number of imidazole rings is 1. The van der Waals surface area contributed by atoms with E-state index in [1.165, 1.54) is 12.1 Å². The lowest BCUT2D eigenvalue weighted by molar-refractivity contribution is 0.0697. The molecule has 0 unspecified atom stereocenters. The molecule has 1 saturated carbocycles. The van der Waals surface area contributed by atoms with Gasteiger partial charge in [0.05, 0.1) is 34.8 Å². The Morgan fingerprint density at radius 3 is 2.66 bits per heavy atom. The van der Waals surface area contributed by atoms with Gasteiger partial charge >= 0.3 is 5.97 Å². The number of carboxylic acids is 1. The van der Waals surface area contributed by atoms with Crippen LogP contribution in [0.4, 0.5) is 4.39 Å². The smallest absolute Gasteiger partial charge is 0.335 e. The van der Waals surface area contributed by atoms with E-state index in [1.54, 1.807) is 30.5 Å². The highest BCUT2D eigenvalue weighted by Gasteiger charge is 2.43. The second-order valence-corrected chi connectivity index (χ2v) is 11.4. The maximum Gasteiger partial charge on any atom is 0.335 e. The Morgan fingerprint density at radius 2 is 1.93 bits per heavy atom. The summed E-state index contributed by atoms with van der Waals surface area (Å²) < 4.78 is 27.4. The molecule has 1 N–H and O–H groups in total. The number of piperidine rings is 1. The van der Waals surface area contributed by atoms with Gasteiger partial charge in [0, 0.05) is 43.7 Å². The van der Waals surface area contributed by atoms with Crippen molar-refractivity contribution < 1.29 is 23.8 Å². The first-order chi connectivity index (χ1) is 21.3. The van der Waals surface area contributed by atoms with Crippen molar-refractivity contribution in [2.45, 2.75) is 57.9 Å². The van der Waals surface area contributed by atoms with Crippen LogP contribution in [0.5, 0.6) is 11.6 Å². The van der Waals surface area contributed by atoms with Crippen LogP contribution in [0.1, 0.15) is 59.7 Å². The van der Waals surface area contributed by atoms with Crippen molar-refractivity contribution in [1.29, 1.82) is 10.5 Å². The number of likely N-dealkylation sites (tertiary alicyclic amines) is 1. The van der Waals surface area contributed by atoms with E-state index in [0.717, 1.165) is 61.7 Å². The molecule has 6 rings (SSSR count). The average molecular weight is 596 g/mol. The van der Waals surface area contributed by atoms with Crippen LogP contribution in [0.25, 0.3) is 11.0 Å². The third kappa shape index (κ3) is 6.46. The first kappa shape index (κ1) is 29.0. The van der Waals surface area contributed by atoms with Gasteiger partial charge in [0.1, 0.15) is 36.2 Å². The molecule has 4 aromatic rings. The molecule has 0 bridgehead atoms. The topological polar surface area (TPSA) is 150 Å². The van der Waals surface area contributed by atoms with Crippen LogP contribution >= 0.6 is 0 Å². The van der Waals surface area contributed by atoms with E-state index in [2.05, 4.69) is 25.5 Å². The van der Waals surface area contributed by atoms with E-state index in [0.29, 0.717) is 31.2 Å². The number of carbonyl (C=O) groups is 1. The van der Waals surface area contributed by atoms with Gasteiger partial charge in [-0.2, -0.15) is 15.5 Å². The molecule has 0 amide bonds. The van der Waals surface area contributed by atoms with E-state index in [1.807, 2.05) is 6.07 Å². The molecule has 0 spiro atoms. The van der Waals surface area contributed by atoms with Gasteiger partial charge in [-0.05, 0) is 62.1 Å². The fraction of sp³-hybridized carbons (Fsp3) is 0.375. The number of aromatic nitrogens is 4. The lowest BCUT2D eigenvalue weighted by Gasteiger charge is -2.32. The van der Waals surface area contributed by atoms with Crippen LogP contribution in [-0.4, -0.2) is 54.7 Å². The molecule has 2 fully saturated rings. The first-order valence-corrected chi connectivity index (χ1v) is 14.5. The molecule has 3 heterocycles. The molecule has 1 saturated heterocycles. The highest BCUT2D eigenvalue weighted by molar-refractivity contribution is 5.92. The van der Waals surface area contributed by atoms with Gasteiger partial charge in [-0.1, -0.05) is 0 Å². The van der Waals surface area contributed by atoms with Crippen molar-refractivity contribution in [2.24, 2.45) is 5.41 Å². The van der Waals surface area contributed by atoms with Crippen molar-refractivity contribution >= 4 is 17.0 Å². The van der Waals surface area contributed by atoms with Crippen molar-refractivity contribution in [3.63, 3.8) is 0 Å². The molecule has 11 nitrogen and oxygen atoms in total. The van der Waals surface area contributed by atoms with Crippen LogP contribution in [0.2, 0.25) is 0 Å². The fourth-order valence-electron chi connectivity index (χ4n) is 5.60. The number of carboxylic acid groups (broad SMARTS) is 1. The standard InChI is InChI=1S/C32H30FN7O4/c33-23-2-4-27(22(15-23)17-35)43-19-28-36-12-5-30(38-28)44-24-6-13-39(14-7-24)18-29-37-25-3-1-21(31(41)42)16-26(25)40(29)20-32(8-9-32)10-11-34/h1-5,12,15-16,24H,6-10,13-14,18-20H2,(H,41,42). The van der Waals surface area contributed by atoms with Crippen LogP contribution in [0, 0.1) is 33.9 Å². The lowest BCUT2D eigenvalue weighted by atomic mass is 10.0. The van der Waals surface area contributed by atoms with E-state index >= 15 is 0 Å². The summed E-state index contributed by atoms with van der Waals surface area (Å²) in [6, 6.07) is 14.7. The Labute approximate surface area is 253 Å². The number of nitrogens with zero attached hydrogens (tertiary/aromatic N) is 7. The summed E-state index contributed by atoms with van der Waals surface area (Å²) in [5.41, 5.74) is 1.78. The zero-order chi connectivity index (χ0) is 30.7. The normalized spacial score (nSPS) is 16.2.